The van der Waals surface area contributed by atoms with E-state index in [1.54, 1.807) is 0 Å². The second kappa shape index (κ2) is 6.80. The molecule has 0 fully saturated rings. The number of hydrogen-bond acceptors (Lipinski definition) is 5. The molecule has 1 atom stereocenters. The number of rotatable bonds is 6. The van der Waals surface area contributed by atoms with Crippen LogP contribution in [0.25, 0.3) is 0 Å². The lowest BCUT2D eigenvalue weighted by molar-refractivity contribution is -0.141. The first-order chi connectivity index (χ1) is 9.38. The lowest BCUT2D eigenvalue weighted by Gasteiger charge is -2.21. The fourth-order valence-electron chi connectivity index (χ4n) is 1.42. The molecule has 0 radical (unpaired) electrons. The third-order valence-electron chi connectivity index (χ3n) is 2.85. The van der Waals surface area contributed by atoms with Crippen molar-refractivity contribution in [2.45, 2.75) is 19.5 Å². The second-order valence-electron chi connectivity index (χ2n) is 4.20. The highest BCUT2D eigenvalue weighted by molar-refractivity contribution is 5.94. The van der Waals surface area contributed by atoms with Crippen LogP contribution in [-0.2, 0) is 16.1 Å². The fraction of sp³-hybridized carbons (Fsp3) is 0.500. The Hall–Kier alpha value is -2.22. The Bertz CT molecular complexity index is 554. The zero-order chi connectivity index (χ0) is 15.3. The highest BCUT2D eigenvalue weighted by atomic mass is 16.5. The monoisotopic (exact) mass is 283 g/mol. The lowest BCUT2D eigenvalue weighted by Crippen LogP contribution is -2.41. The van der Waals surface area contributed by atoms with Gasteiger partial charge in [0.05, 0.1) is 13.2 Å². The van der Waals surface area contributed by atoms with Gasteiger partial charge in [0.15, 0.2) is 0 Å². The summed E-state index contributed by atoms with van der Waals surface area (Å²) < 4.78 is 5.95. The Morgan fingerprint density at radius 3 is 2.70 bits per heavy atom. The van der Waals surface area contributed by atoms with E-state index in [1.807, 2.05) is 0 Å². The van der Waals surface area contributed by atoms with Crippen molar-refractivity contribution in [1.82, 2.24) is 14.7 Å². The van der Waals surface area contributed by atoms with Crippen molar-refractivity contribution in [3.8, 4) is 0 Å². The van der Waals surface area contributed by atoms with Gasteiger partial charge in [-0.05, 0) is 13.0 Å². The summed E-state index contributed by atoms with van der Waals surface area (Å²) in [5.41, 5.74) is -0.344. The summed E-state index contributed by atoms with van der Waals surface area (Å²) >= 11 is 0. The number of amides is 1. The normalized spacial score (nSPS) is 11.9. The quantitative estimate of drug-likeness (QED) is 0.750. The van der Waals surface area contributed by atoms with Crippen molar-refractivity contribution >= 4 is 11.9 Å². The summed E-state index contributed by atoms with van der Waals surface area (Å²) in [6.45, 7) is 1.89. The Labute approximate surface area is 115 Å². The molecule has 0 aliphatic carbocycles. The van der Waals surface area contributed by atoms with Crippen molar-refractivity contribution < 1.29 is 19.4 Å². The van der Waals surface area contributed by atoms with Gasteiger partial charge in [0.25, 0.3) is 11.5 Å². The number of carbonyl (C=O) groups is 2. The second-order valence-corrected chi connectivity index (χ2v) is 4.20. The number of aliphatic carboxylic acids is 1. The zero-order valence-electron chi connectivity index (χ0n) is 11.6. The molecule has 110 valence electrons. The van der Waals surface area contributed by atoms with E-state index in [2.05, 4.69) is 5.10 Å². The minimum absolute atomic E-state index is 0.0105. The van der Waals surface area contributed by atoms with Crippen molar-refractivity contribution in [2.24, 2.45) is 0 Å². The molecule has 0 bridgehead atoms. The molecule has 0 aliphatic rings. The first-order valence-corrected chi connectivity index (χ1v) is 5.95. The van der Waals surface area contributed by atoms with Crippen LogP contribution in [-0.4, -0.2) is 58.5 Å². The maximum Gasteiger partial charge on any atom is 0.326 e. The molecule has 0 saturated heterocycles. The summed E-state index contributed by atoms with van der Waals surface area (Å²) in [6.07, 6.45) is 0. The van der Waals surface area contributed by atoms with E-state index in [0.29, 0.717) is 0 Å². The molecule has 8 heteroatoms. The smallest absolute Gasteiger partial charge is 0.326 e. The van der Waals surface area contributed by atoms with Crippen LogP contribution in [0.2, 0.25) is 0 Å². The van der Waals surface area contributed by atoms with Gasteiger partial charge in [0, 0.05) is 20.2 Å². The van der Waals surface area contributed by atoms with Gasteiger partial charge in [-0.25, -0.2) is 9.48 Å². The highest BCUT2D eigenvalue weighted by Gasteiger charge is 2.24. The van der Waals surface area contributed by atoms with Gasteiger partial charge in [-0.15, -0.1) is 0 Å². The van der Waals surface area contributed by atoms with E-state index in [-0.39, 0.29) is 24.4 Å². The summed E-state index contributed by atoms with van der Waals surface area (Å²) in [5, 5.41) is 12.8. The molecule has 1 heterocycles. The standard InChI is InChI=1S/C12H17N3O5/c1-8(12(18)19)14(2)11(17)9-4-5-10(16)15(13-9)6-7-20-3/h4-5,8H,6-7H2,1-3H3,(H,18,19). The number of carboxylic acids is 1. The van der Waals surface area contributed by atoms with Gasteiger partial charge < -0.3 is 14.7 Å². The van der Waals surface area contributed by atoms with E-state index in [9.17, 15) is 14.4 Å². The summed E-state index contributed by atoms with van der Waals surface area (Å²) in [4.78, 5) is 35.5. The zero-order valence-corrected chi connectivity index (χ0v) is 11.6. The van der Waals surface area contributed by atoms with Crippen molar-refractivity contribution in [2.75, 3.05) is 20.8 Å². The van der Waals surface area contributed by atoms with Gasteiger partial charge in [-0.3, -0.25) is 9.59 Å². The number of aromatic nitrogens is 2. The summed E-state index contributed by atoms with van der Waals surface area (Å²) in [6, 6.07) is 1.51. The number of carbonyl (C=O) groups excluding carboxylic acids is 1. The fourth-order valence-corrected chi connectivity index (χ4v) is 1.42. The number of ether oxygens (including phenoxy) is 1. The number of nitrogens with zero attached hydrogens (tertiary/aromatic N) is 3. The van der Waals surface area contributed by atoms with Gasteiger partial charge in [0.1, 0.15) is 11.7 Å². The van der Waals surface area contributed by atoms with E-state index >= 15 is 0 Å². The average Bonchev–Trinajstić information content (AvgIpc) is 2.43. The van der Waals surface area contributed by atoms with Gasteiger partial charge in [-0.2, -0.15) is 5.10 Å². The van der Waals surface area contributed by atoms with Crippen molar-refractivity contribution in [3.05, 3.63) is 28.2 Å². The molecule has 0 saturated carbocycles. The molecule has 0 aromatic carbocycles. The van der Waals surface area contributed by atoms with E-state index in [0.717, 1.165) is 9.58 Å². The predicted octanol–water partition coefficient (Wildman–Crippen LogP) is -0.565. The summed E-state index contributed by atoms with van der Waals surface area (Å²) in [5.74, 6) is -1.68. The first-order valence-electron chi connectivity index (χ1n) is 5.95. The van der Waals surface area contributed by atoms with E-state index < -0.39 is 17.9 Å². The average molecular weight is 283 g/mol. The number of methoxy groups -OCH3 is 1. The van der Waals surface area contributed by atoms with Crippen LogP contribution < -0.4 is 5.56 Å². The molecule has 1 aromatic rings. The molecule has 1 amide bonds. The number of likely N-dealkylation sites (N-methyl/N-ethyl adjacent to an activating group) is 1. The molecular formula is C12H17N3O5. The van der Waals surface area contributed by atoms with Gasteiger partial charge >= 0.3 is 5.97 Å². The molecule has 8 nitrogen and oxygen atoms in total. The maximum atomic E-state index is 12.1. The van der Waals surface area contributed by atoms with Gasteiger partial charge in [-0.1, -0.05) is 0 Å². The van der Waals surface area contributed by atoms with Crippen LogP contribution >= 0.6 is 0 Å². The topological polar surface area (TPSA) is 102 Å². The molecule has 0 spiro atoms. The van der Waals surface area contributed by atoms with Crippen LogP contribution in [0.4, 0.5) is 0 Å². The minimum atomic E-state index is -1.12. The minimum Gasteiger partial charge on any atom is -0.480 e. The molecule has 1 N–H and O–H groups in total. The SMILES string of the molecule is COCCn1nc(C(=O)N(C)C(C)C(=O)O)ccc1=O. The largest absolute Gasteiger partial charge is 0.480 e. The maximum absolute atomic E-state index is 12.1. The molecule has 0 aliphatic heterocycles. The number of carboxylic acid groups (broad SMARTS) is 1. The highest BCUT2D eigenvalue weighted by Crippen LogP contribution is 2.03. The number of hydrogen-bond donors (Lipinski definition) is 1. The van der Waals surface area contributed by atoms with Crippen LogP contribution in [0.1, 0.15) is 17.4 Å². The van der Waals surface area contributed by atoms with Crippen molar-refractivity contribution in [1.29, 1.82) is 0 Å². The van der Waals surface area contributed by atoms with Crippen molar-refractivity contribution in [3.63, 3.8) is 0 Å². The van der Waals surface area contributed by atoms with Crippen LogP contribution in [0.15, 0.2) is 16.9 Å². The van der Waals surface area contributed by atoms with Crippen LogP contribution in [0.5, 0.6) is 0 Å². The third-order valence-corrected chi connectivity index (χ3v) is 2.85. The summed E-state index contributed by atoms with van der Waals surface area (Å²) in [7, 11) is 2.86. The van der Waals surface area contributed by atoms with Crippen LogP contribution in [0.3, 0.4) is 0 Å². The Kier molecular flexibility index (Phi) is 5.39. The third kappa shape index (κ3) is 3.64. The Balaban J connectivity index is 2.99. The molecular weight excluding hydrogens is 266 g/mol. The molecule has 1 aromatic heterocycles. The molecule has 1 rings (SSSR count). The molecule has 1 unspecified atom stereocenters. The predicted molar refractivity (Wildman–Crippen MR) is 69.6 cm³/mol. The Morgan fingerprint density at radius 2 is 2.15 bits per heavy atom. The van der Waals surface area contributed by atoms with E-state index in [4.69, 9.17) is 9.84 Å². The molecule has 20 heavy (non-hydrogen) atoms. The van der Waals surface area contributed by atoms with Crippen LogP contribution in [0, 0.1) is 0 Å². The van der Waals surface area contributed by atoms with E-state index in [1.165, 1.54) is 33.2 Å². The first kappa shape index (κ1) is 15.8. The van der Waals surface area contributed by atoms with Gasteiger partial charge in [0.2, 0.25) is 0 Å². The Morgan fingerprint density at radius 1 is 1.50 bits per heavy atom. The lowest BCUT2D eigenvalue weighted by atomic mass is 10.2.